The number of hydrogen-bond acceptors (Lipinski definition) is 3. The van der Waals surface area contributed by atoms with Crippen LogP contribution in [0.2, 0.25) is 0 Å². The van der Waals surface area contributed by atoms with Crippen molar-refractivity contribution in [1.82, 2.24) is 15.0 Å². The van der Waals surface area contributed by atoms with Crippen LogP contribution >= 0.6 is 0 Å². The summed E-state index contributed by atoms with van der Waals surface area (Å²) in [6, 6.07) is 0. The molecule has 1 N–H and O–H groups in total. The van der Waals surface area contributed by atoms with E-state index in [1.165, 1.54) is 0 Å². The highest BCUT2D eigenvalue weighted by atomic mass is 16.3. The van der Waals surface area contributed by atoms with Gasteiger partial charge in [0.05, 0.1) is 18.0 Å². The van der Waals surface area contributed by atoms with Crippen molar-refractivity contribution in [1.29, 1.82) is 0 Å². The molecule has 0 radical (unpaired) electrons. The molecule has 0 aliphatic heterocycles. The monoisotopic (exact) mass is 211 g/mol. The van der Waals surface area contributed by atoms with Crippen LogP contribution in [0.4, 0.5) is 0 Å². The largest absolute Gasteiger partial charge is 0.393 e. The van der Waals surface area contributed by atoms with Gasteiger partial charge < -0.3 is 5.11 Å². The molecule has 0 aliphatic carbocycles. The molecular weight excluding hydrogens is 190 g/mol. The van der Waals surface area contributed by atoms with Gasteiger partial charge in [0.1, 0.15) is 0 Å². The molecule has 0 aliphatic rings. The Morgan fingerprint density at radius 1 is 1.33 bits per heavy atom. The van der Waals surface area contributed by atoms with E-state index in [2.05, 4.69) is 24.2 Å². The van der Waals surface area contributed by atoms with Crippen LogP contribution < -0.4 is 0 Å². The van der Waals surface area contributed by atoms with Crippen molar-refractivity contribution in [2.24, 2.45) is 0 Å². The van der Waals surface area contributed by atoms with E-state index in [1.807, 2.05) is 4.68 Å². The average molecular weight is 211 g/mol. The summed E-state index contributed by atoms with van der Waals surface area (Å²) in [5.41, 5.74) is 1.13. The van der Waals surface area contributed by atoms with E-state index in [9.17, 15) is 5.11 Å². The molecule has 0 bridgehead atoms. The van der Waals surface area contributed by atoms with Crippen molar-refractivity contribution in [2.75, 3.05) is 0 Å². The van der Waals surface area contributed by atoms with E-state index in [0.717, 1.165) is 44.3 Å². The van der Waals surface area contributed by atoms with Crippen LogP contribution in [0.3, 0.4) is 0 Å². The second-order valence-corrected chi connectivity index (χ2v) is 3.93. The molecule has 0 fully saturated rings. The summed E-state index contributed by atoms with van der Waals surface area (Å²) in [4.78, 5) is 0. The van der Waals surface area contributed by atoms with Crippen LogP contribution in [0.1, 0.15) is 45.2 Å². The Bertz CT molecular complexity index is 273. The predicted octanol–water partition coefficient (Wildman–Crippen LogP) is 1.78. The van der Waals surface area contributed by atoms with Crippen molar-refractivity contribution >= 4 is 0 Å². The lowest BCUT2D eigenvalue weighted by atomic mass is 10.1. The topological polar surface area (TPSA) is 50.9 Å². The van der Waals surface area contributed by atoms with Crippen LogP contribution in [0.15, 0.2) is 6.20 Å². The number of aryl methyl sites for hydroxylation is 2. The third kappa shape index (κ3) is 4.00. The van der Waals surface area contributed by atoms with Gasteiger partial charge in [-0.2, -0.15) is 0 Å². The second kappa shape index (κ2) is 6.56. The number of hydrogen-bond donors (Lipinski definition) is 1. The molecule has 0 amide bonds. The van der Waals surface area contributed by atoms with Gasteiger partial charge in [0.25, 0.3) is 0 Å². The Balaban J connectivity index is 2.39. The van der Waals surface area contributed by atoms with Crippen LogP contribution in [0.25, 0.3) is 0 Å². The van der Waals surface area contributed by atoms with Gasteiger partial charge >= 0.3 is 0 Å². The molecule has 0 aromatic carbocycles. The summed E-state index contributed by atoms with van der Waals surface area (Å²) in [5, 5.41) is 17.5. The average Bonchev–Trinajstić information content (AvgIpc) is 2.64. The fourth-order valence-electron chi connectivity index (χ4n) is 1.66. The van der Waals surface area contributed by atoms with Gasteiger partial charge in [-0.25, -0.2) is 4.68 Å². The van der Waals surface area contributed by atoms with Gasteiger partial charge in [-0.05, 0) is 25.7 Å². The molecule has 15 heavy (non-hydrogen) atoms. The van der Waals surface area contributed by atoms with Gasteiger partial charge in [0, 0.05) is 6.54 Å². The lowest BCUT2D eigenvalue weighted by Gasteiger charge is -2.09. The van der Waals surface area contributed by atoms with Crippen molar-refractivity contribution in [3.05, 3.63) is 11.9 Å². The maximum atomic E-state index is 9.62. The highest BCUT2D eigenvalue weighted by molar-refractivity contribution is 4.94. The smallest absolute Gasteiger partial charge is 0.0725 e. The van der Waals surface area contributed by atoms with Crippen LogP contribution in [0.5, 0.6) is 0 Å². The molecule has 0 spiro atoms. The first kappa shape index (κ1) is 12.2. The van der Waals surface area contributed by atoms with Gasteiger partial charge in [0.15, 0.2) is 0 Å². The molecular formula is C11H21N3O. The maximum Gasteiger partial charge on any atom is 0.0725 e. The molecule has 4 heteroatoms. The molecule has 1 heterocycles. The first-order valence-corrected chi connectivity index (χ1v) is 5.83. The van der Waals surface area contributed by atoms with E-state index in [4.69, 9.17) is 0 Å². The zero-order valence-electron chi connectivity index (χ0n) is 9.69. The molecule has 1 aromatic rings. The van der Waals surface area contributed by atoms with E-state index < -0.39 is 0 Å². The van der Waals surface area contributed by atoms with Crippen LogP contribution in [-0.4, -0.2) is 26.2 Å². The SMILES string of the molecule is CCCC(O)CCc1cnnn1CCC. The van der Waals surface area contributed by atoms with E-state index in [-0.39, 0.29) is 6.10 Å². The Kier molecular flexibility index (Phi) is 5.32. The molecule has 86 valence electrons. The minimum absolute atomic E-state index is 0.181. The predicted molar refractivity (Wildman–Crippen MR) is 59.5 cm³/mol. The first-order chi connectivity index (χ1) is 7.27. The van der Waals surface area contributed by atoms with Crippen LogP contribution in [0, 0.1) is 0 Å². The molecule has 1 atom stereocenters. The number of aromatic nitrogens is 3. The maximum absolute atomic E-state index is 9.62. The summed E-state index contributed by atoms with van der Waals surface area (Å²) in [6.45, 7) is 5.13. The Hall–Kier alpha value is -0.900. The molecule has 0 saturated carbocycles. The standard InChI is InChI=1S/C11H21N3O/c1-3-5-11(15)7-6-10-9-12-13-14(10)8-4-2/h9,11,15H,3-8H2,1-2H3. The third-order valence-corrected chi connectivity index (χ3v) is 2.49. The summed E-state index contributed by atoms with van der Waals surface area (Å²) in [7, 11) is 0. The zero-order valence-corrected chi connectivity index (χ0v) is 9.69. The second-order valence-electron chi connectivity index (χ2n) is 3.93. The molecule has 4 nitrogen and oxygen atoms in total. The lowest BCUT2D eigenvalue weighted by molar-refractivity contribution is 0.153. The summed E-state index contributed by atoms with van der Waals surface area (Å²) >= 11 is 0. The van der Waals surface area contributed by atoms with Gasteiger partial charge in [-0.15, -0.1) is 5.10 Å². The number of aliphatic hydroxyl groups is 1. The van der Waals surface area contributed by atoms with Crippen LogP contribution in [-0.2, 0) is 13.0 Å². The zero-order chi connectivity index (χ0) is 11.1. The molecule has 0 saturated heterocycles. The molecule has 1 rings (SSSR count). The normalized spacial score (nSPS) is 13.0. The summed E-state index contributed by atoms with van der Waals surface area (Å²) in [5.74, 6) is 0. The third-order valence-electron chi connectivity index (χ3n) is 2.49. The van der Waals surface area contributed by atoms with E-state index in [0.29, 0.717) is 0 Å². The van der Waals surface area contributed by atoms with E-state index in [1.54, 1.807) is 6.20 Å². The quantitative estimate of drug-likeness (QED) is 0.748. The van der Waals surface area contributed by atoms with Crippen molar-refractivity contribution in [3.8, 4) is 0 Å². The van der Waals surface area contributed by atoms with Crippen molar-refractivity contribution in [2.45, 2.75) is 58.6 Å². The van der Waals surface area contributed by atoms with E-state index >= 15 is 0 Å². The summed E-state index contributed by atoms with van der Waals surface area (Å²) < 4.78 is 1.93. The fraction of sp³-hybridized carbons (Fsp3) is 0.818. The van der Waals surface area contributed by atoms with Crippen molar-refractivity contribution < 1.29 is 5.11 Å². The fourth-order valence-corrected chi connectivity index (χ4v) is 1.66. The minimum atomic E-state index is -0.181. The summed E-state index contributed by atoms with van der Waals surface area (Å²) in [6.07, 6.45) is 6.28. The number of nitrogens with zero attached hydrogens (tertiary/aromatic N) is 3. The highest BCUT2D eigenvalue weighted by Gasteiger charge is 2.07. The van der Waals surface area contributed by atoms with Gasteiger partial charge in [-0.3, -0.25) is 0 Å². The highest BCUT2D eigenvalue weighted by Crippen LogP contribution is 2.07. The number of rotatable bonds is 7. The van der Waals surface area contributed by atoms with Gasteiger partial charge in [0.2, 0.25) is 0 Å². The van der Waals surface area contributed by atoms with Gasteiger partial charge in [-0.1, -0.05) is 25.5 Å². The number of aliphatic hydroxyl groups excluding tert-OH is 1. The lowest BCUT2D eigenvalue weighted by Crippen LogP contribution is -2.10. The Morgan fingerprint density at radius 3 is 2.80 bits per heavy atom. The van der Waals surface area contributed by atoms with Crippen molar-refractivity contribution in [3.63, 3.8) is 0 Å². The Labute approximate surface area is 91.3 Å². The molecule has 1 aromatic heterocycles. The Morgan fingerprint density at radius 2 is 2.13 bits per heavy atom. The first-order valence-electron chi connectivity index (χ1n) is 5.83. The minimum Gasteiger partial charge on any atom is -0.393 e. The molecule has 1 unspecified atom stereocenters.